The molecule has 0 fully saturated rings. The van der Waals surface area contributed by atoms with Crippen molar-refractivity contribution in [3.8, 4) is 0 Å². The smallest absolute Gasteiger partial charge is 0.252 e. The summed E-state index contributed by atoms with van der Waals surface area (Å²) in [6.07, 6.45) is 1.77. The fourth-order valence-corrected chi connectivity index (χ4v) is 1.57. The summed E-state index contributed by atoms with van der Waals surface area (Å²) in [5.41, 5.74) is -0.0938. The maximum absolute atomic E-state index is 11.4. The Morgan fingerprint density at radius 1 is 1.50 bits per heavy atom. The lowest BCUT2D eigenvalue weighted by Crippen LogP contribution is -2.28. The van der Waals surface area contributed by atoms with Crippen LogP contribution in [0.4, 0.5) is 5.82 Å². The van der Waals surface area contributed by atoms with E-state index >= 15 is 0 Å². The number of aromatic amines is 1. The first-order chi connectivity index (χ1) is 8.52. The lowest BCUT2D eigenvalue weighted by Gasteiger charge is -2.20. The number of nitrogens with zero attached hydrogens (tertiary/aromatic N) is 2. The molecule has 0 atom stereocenters. The van der Waals surface area contributed by atoms with Crippen LogP contribution in [0.5, 0.6) is 0 Å². The van der Waals surface area contributed by atoms with Crippen molar-refractivity contribution in [2.75, 3.05) is 25.5 Å². The number of aryl methyl sites for hydroxylation is 1. The summed E-state index contributed by atoms with van der Waals surface area (Å²) >= 11 is 0. The molecule has 0 bridgehead atoms. The van der Waals surface area contributed by atoms with E-state index in [9.17, 15) is 4.79 Å². The van der Waals surface area contributed by atoms with Crippen molar-refractivity contribution in [2.45, 2.75) is 39.7 Å². The number of nitrogens with one attached hydrogen (secondary N) is 2. The van der Waals surface area contributed by atoms with Gasteiger partial charge in [-0.15, -0.1) is 0 Å². The van der Waals surface area contributed by atoms with Crippen LogP contribution in [0.15, 0.2) is 10.9 Å². The summed E-state index contributed by atoms with van der Waals surface area (Å²) in [7, 11) is 2.12. The standard InChI is InChI=1S/C13H24N4O/c1-5-11-15-12(9-13(18)16-11)14-7-6-8-17(4)10(2)3/h9-10H,5-8H2,1-4H3,(H2,14,15,16,18). The van der Waals surface area contributed by atoms with Gasteiger partial charge in [-0.1, -0.05) is 6.92 Å². The Kier molecular flexibility index (Phi) is 5.85. The summed E-state index contributed by atoms with van der Waals surface area (Å²) in [5.74, 6) is 1.40. The van der Waals surface area contributed by atoms with Crippen LogP contribution < -0.4 is 10.9 Å². The van der Waals surface area contributed by atoms with E-state index < -0.39 is 0 Å². The normalized spacial score (nSPS) is 11.2. The summed E-state index contributed by atoms with van der Waals surface area (Å²) < 4.78 is 0. The average Bonchev–Trinajstić information content (AvgIpc) is 2.33. The van der Waals surface area contributed by atoms with Crippen LogP contribution in [0.3, 0.4) is 0 Å². The second kappa shape index (κ2) is 7.16. The predicted octanol–water partition coefficient (Wildman–Crippen LogP) is 1.47. The Labute approximate surface area is 109 Å². The van der Waals surface area contributed by atoms with E-state index in [1.165, 1.54) is 6.07 Å². The molecule has 5 heteroatoms. The largest absolute Gasteiger partial charge is 0.370 e. The van der Waals surface area contributed by atoms with Gasteiger partial charge >= 0.3 is 0 Å². The number of aromatic nitrogens is 2. The summed E-state index contributed by atoms with van der Waals surface area (Å²) in [4.78, 5) is 20.7. The predicted molar refractivity (Wildman–Crippen MR) is 75.1 cm³/mol. The Morgan fingerprint density at radius 3 is 2.83 bits per heavy atom. The second-order valence-corrected chi connectivity index (χ2v) is 4.79. The van der Waals surface area contributed by atoms with E-state index in [1.807, 2.05) is 6.92 Å². The van der Waals surface area contributed by atoms with Gasteiger partial charge in [0, 0.05) is 25.1 Å². The molecule has 0 aromatic carbocycles. The number of hydrogen-bond donors (Lipinski definition) is 2. The van der Waals surface area contributed by atoms with Crippen LogP contribution in [0, 0.1) is 0 Å². The van der Waals surface area contributed by atoms with E-state index in [4.69, 9.17) is 0 Å². The van der Waals surface area contributed by atoms with Gasteiger partial charge in [-0.05, 0) is 33.9 Å². The van der Waals surface area contributed by atoms with Gasteiger partial charge < -0.3 is 15.2 Å². The van der Waals surface area contributed by atoms with Crippen LogP contribution >= 0.6 is 0 Å². The third kappa shape index (κ3) is 4.87. The summed E-state index contributed by atoms with van der Waals surface area (Å²) in [5, 5.41) is 3.20. The van der Waals surface area contributed by atoms with Gasteiger partial charge in [-0.2, -0.15) is 0 Å². The number of H-pyrrole nitrogens is 1. The zero-order chi connectivity index (χ0) is 13.5. The molecular weight excluding hydrogens is 228 g/mol. The first kappa shape index (κ1) is 14.7. The molecule has 0 saturated carbocycles. The maximum atomic E-state index is 11.4. The highest BCUT2D eigenvalue weighted by molar-refractivity contribution is 5.32. The highest BCUT2D eigenvalue weighted by Crippen LogP contribution is 2.00. The SMILES string of the molecule is CCc1nc(NCCCN(C)C(C)C)cc(=O)[nH]1. The van der Waals surface area contributed by atoms with Crippen LogP contribution in [0.1, 0.15) is 33.0 Å². The first-order valence-electron chi connectivity index (χ1n) is 6.57. The van der Waals surface area contributed by atoms with Gasteiger partial charge in [-0.3, -0.25) is 4.79 Å². The van der Waals surface area contributed by atoms with Gasteiger partial charge in [0.1, 0.15) is 11.6 Å². The zero-order valence-electron chi connectivity index (χ0n) is 11.8. The van der Waals surface area contributed by atoms with Gasteiger partial charge in [0.25, 0.3) is 5.56 Å². The fourth-order valence-electron chi connectivity index (χ4n) is 1.57. The average molecular weight is 252 g/mol. The third-order valence-electron chi connectivity index (χ3n) is 3.00. The minimum atomic E-state index is -0.0938. The topological polar surface area (TPSA) is 61.0 Å². The Morgan fingerprint density at radius 2 is 2.22 bits per heavy atom. The molecule has 18 heavy (non-hydrogen) atoms. The van der Waals surface area contributed by atoms with Crippen LogP contribution in [0.25, 0.3) is 0 Å². The molecule has 0 aliphatic rings. The van der Waals surface area contributed by atoms with E-state index in [2.05, 4.69) is 41.1 Å². The fraction of sp³-hybridized carbons (Fsp3) is 0.692. The van der Waals surface area contributed by atoms with Crippen LogP contribution in [-0.2, 0) is 6.42 Å². The molecular formula is C13H24N4O. The summed E-state index contributed by atoms with van der Waals surface area (Å²) in [6.45, 7) is 8.20. The van der Waals surface area contributed by atoms with Crippen molar-refractivity contribution >= 4 is 5.82 Å². The Bertz CT molecular complexity index is 414. The molecule has 0 aliphatic carbocycles. The minimum absolute atomic E-state index is 0.0938. The van der Waals surface area contributed by atoms with Crippen molar-refractivity contribution in [1.29, 1.82) is 0 Å². The van der Waals surface area contributed by atoms with Gasteiger partial charge in [0.15, 0.2) is 0 Å². The van der Waals surface area contributed by atoms with Crippen molar-refractivity contribution < 1.29 is 0 Å². The Hall–Kier alpha value is -1.36. The summed E-state index contributed by atoms with van der Waals surface area (Å²) in [6, 6.07) is 2.07. The highest BCUT2D eigenvalue weighted by atomic mass is 16.1. The quantitative estimate of drug-likeness (QED) is 0.722. The lowest BCUT2D eigenvalue weighted by molar-refractivity contribution is 0.273. The molecule has 0 unspecified atom stereocenters. The molecule has 1 aromatic rings. The van der Waals surface area contributed by atoms with Crippen LogP contribution in [0.2, 0.25) is 0 Å². The molecule has 0 saturated heterocycles. The van der Waals surface area contributed by atoms with Crippen LogP contribution in [-0.4, -0.2) is 41.0 Å². The van der Waals surface area contributed by atoms with Crippen molar-refractivity contribution in [1.82, 2.24) is 14.9 Å². The van der Waals surface area contributed by atoms with Gasteiger partial charge in [0.05, 0.1) is 0 Å². The monoisotopic (exact) mass is 252 g/mol. The first-order valence-corrected chi connectivity index (χ1v) is 6.57. The molecule has 1 rings (SSSR count). The second-order valence-electron chi connectivity index (χ2n) is 4.79. The maximum Gasteiger partial charge on any atom is 0.252 e. The van der Waals surface area contributed by atoms with E-state index in [0.29, 0.717) is 11.9 Å². The van der Waals surface area contributed by atoms with E-state index in [-0.39, 0.29) is 5.56 Å². The van der Waals surface area contributed by atoms with Gasteiger partial charge in [-0.25, -0.2) is 4.98 Å². The lowest BCUT2D eigenvalue weighted by atomic mass is 10.3. The minimum Gasteiger partial charge on any atom is -0.370 e. The third-order valence-corrected chi connectivity index (χ3v) is 3.00. The molecule has 1 heterocycles. The van der Waals surface area contributed by atoms with Crippen molar-refractivity contribution in [2.24, 2.45) is 0 Å². The molecule has 2 N–H and O–H groups in total. The highest BCUT2D eigenvalue weighted by Gasteiger charge is 2.03. The van der Waals surface area contributed by atoms with E-state index in [1.54, 1.807) is 0 Å². The zero-order valence-corrected chi connectivity index (χ0v) is 11.8. The molecule has 5 nitrogen and oxygen atoms in total. The Balaban J connectivity index is 2.40. The van der Waals surface area contributed by atoms with Crippen molar-refractivity contribution in [3.05, 3.63) is 22.2 Å². The number of hydrogen-bond acceptors (Lipinski definition) is 4. The van der Waals surface area contributed by atoms with Crippen molar-refractivity contribution in [3.63, 3.8) is 0 Å². The molecule has 0 spiro atoms. The number of rotatable bonds is 7. The number of anilines is 1. The van der Waals surface area contributed by atoms with Gasteiger partial charge in [0.2, 0.25) is 0 Å². The molecule has 102 valence electrons. The molecule has 0 radical (unpaired) electrons. The molecule has 0 amide bonds. The molecule has 0 aliphatic heterocycles. The van der Waals surface area contributed by atoms with E-state index in [0.717, 1.165) is 31.8 Å². The molecule has 1 aromatic heterocycles.